The molecule has 0 aliphatic rings. The first-order valence-electron chi connectivity index (χ1n) is 2.77. The number of halogens is 2. The lowest BCUT2D eigenvalue weighted by Crippen LogP contribution is -1.80. The molecule has 0 radical (unpaired) electrons. The first-order chi connectivity index (χ1) is 4.74. The van der Waals surface area contributed by atoms with Crippen LogP contribution in [-0.4, -0.2) is 5.11 Å². The zero-order chi connectivity index (χ0) is 7.56. The minimum Gasteiger partial charge on any atom is -0.505 e. The fraction of sp³-hybridized carbons (Fsp3) is 0.143. The third-order valence-corrected chi connectivity index (χ3v) is 1.48. The Kier molecular flexibility index (Phi) is 2.12. The van der Waals surface area contributed by atoms with Crippen LogP contribution in [0.4, 0.5) is 4.39 Å². The highest BCUT2D eigenvalue weighted by molar-refractivity contribution is 6.17. The van der Waals surface area contributed by atoms with E-state index in [0.29, 0.717) is 5.56 Å². The van der Waals surface area contributed by atoms with Gasteiger partial charge in [0.15, 0.2) is 11.6 Å². The molecule has 0 amide bonds. The van der Waals surface area contributed by atoms with Gasteiger partial charge in [0.05, 0.1) is 0 Å². The number of phenolic OH excluding ortho intramolecular Hbond substituents is 1. The van der Waals surface area contributed by atoms with E-state index < -0.39 is 5.82 Å². The van der Waals surface area contributed by atoms with Gasteiger partial charge in [-0.25, -0.2) is 4.39 Å². The van der Waals surface area contributed by atoms with Crippen molar-refractivity contribution in [2.75, 3.05) is 0 Å². The van der Waals surface area contributed by atoms with Crippen molar-refractivity contribution in [3.05, 3.63) is 29.6 Å². The summed E-state index contributed by atoms with van der Waals surface area (Å²) in [6.07, 6.45) is 0. The average Bonchev–Trinajstić information content (AvgIpc) is 1.95. The van der Waals surface area contributed by atoms with Gasteiger partial charge in [-0.3, -0.25) is 0 Å². The van der Waals surface area contributed by atoms with Gasteiger partial charge in [0.25, 0.3) is 0 Å². The minimum atomic E-state index is -0.627. The molecule has 0 bridgehead atoms. The fourth-order valence-corrected chi connectivity index (χ4v) is 0.800. The molecule has 0 fully saturated rings. The zero-order valence-corrected chi connectivity index (χ0v) is 5.90. The third kappa shape index (κ3) is 1.39. The third-order valence-electron chi connectivity index (χ3n) is 1.17. The van der Waals surface area contributed by atoms with E-state index in [1.807, 2.05) is 0 Å². The Morgan fingerprint density at radius 3 is 2.70 bits per heavy atom. The van der Waals surface area contributed by atoms with Crippen LogP contribution in [0.2, 0.25) is 0 Å². The molecule has 0 saturated heterocycles. The molecule has 0 saturated carbocycles. The van der Waals surface area contributed by atoms with Gasteiger partial charge in [-0.05, 0) is 17.7 Å². The van der Waals surface area contributed by atoms with Gasteiger partial charge in [-0.15, -0.1) is 11.6 Å². The van der Waals surface area contributed by atoms with Crippen LogP contribution >= 0.6 is 11.6 Å². The van der Waals surface area contributed by atoms with Crippen LogP contribution in [0.5, 0.6) is 5.75 Å². The van der Waals surface area contributed by atoms with Crippen LogP contribution in [0, 0.1) is 5.82 Å². The largest absolute Gasteiger partial charge is 0.505 e. The number of hydrogen-bond donors (Lipinski definition) is 1. The molecule has 0 heterocycles. The molecule has 3 heteroatoms. The fourth-order valence-electron chi connectivity index (χ4n) is 0.634. The average molecular weight is 161 g/mol. The predicted octanol–water partition coefficient (Wildman–Crippen LogP) is 2.27. The van der Waals surface area contributed by atoms with Crippen molar-refractivity contribution in [1.82, 2.24) is 0 Å². The van der Waals surface area contributed by atoms with E-state index in [-0.39, 0.29) is 11.6 Å². The van der Waals surface area contributed by atoms with E-state index in [1.165, 1.54) is 12.1 Å². The van der Waals surface area contributed by atoms with E-state index in [2.05, 4.69) is 0 Å². The summed E-state index contributed by atoms with van der Waals surface area (Å²) in [7, 11) is 0. The van der Waals surface area contributed by atoms with Crippen LogP contribution in [0.25, 0.3) is 0 Å². The normalized spacial score (nSPS) is 9.80. The Bertz CT molecular complexity index is 237. The topological polar surface area (TPSA) is 20.2 Å². The maximum Gasteiger partial charge on any atom is 0.165 e. The second-order valence-corrected chi connectivity index (χ2v) is 2.19. The van der Waals surface area contributed by atoms with Crippen molar-refractivity contribution < 1.29 is 9.50 Å². The zero-order valence-electron chi connectivity index (χ0n) is 5.14. The molecule has 0 aliphatic carbocycles. The molecule has 1 aromatic rings. The smallest absolute Gasteiger partial charge is 0.165 e. The predicted molar refractivity (Wildman–Crippen MR) is 37.6 cm³/mol. The molecular weight excluding hydrogens is 155 g/mol. The number of benzene rings is 1. The summed E-state index contributed by atoms with van der Waals surface area (Å²) in [5.74, 6) is -0.705. The summed E-state index contributed by atoms with van der Waals surface area (Å²) >= 11 is 5.40. The van der Waals surface area contributed by atoms with Crippen LogP contribution in [0.3, 0.4) is 0 Å². The lowest BCUT2D eigenvalue weighted by Gasteiger charge is -1.96. The second kappa shape index (κ2) is 2.88. The molecule has 0 unspecified atom stereocenters. The highest BCUT2D eigenvalue weighted by Crippen LogP contribution is 2.16. The number of alkyl halides is 1. The van der Waals surface area contributed by atoms with Gasteiger partial charge in [-0.2, -0.15) is 0 Å². The van der Waals surface area contributed by atoms with Crippen molar-refractivity contribution in [3.8, 4) is 5.75 Å². The van der Waals surface area contributed by atoms with Gasteiger partial charge in [0.1, 0.15) is 0 Å². The van der Waals surface area contributed by atoms with Crippen molar-refractivity contribution in [2.24, 2.45) is 0 Å². The Morgan fingerprint density at radius 2 is 2.20 bits per heavy atom. The van der Waals surface area contributed by atoms with Crippen LogP contribution in [0.1, 0.15) is 5.56 Å². The molecule has 1 aromatic carbocycles. The van der Waals surface area contributed by atoms with Gasteiger partial charge >= 0.3 is 0 Å². The highest BCUT2D eigenvalue weighted by Gasteiger charge is 1.98. The van der Waals surface area contributed by atoms with Crippen molar-refractivity contribution in [3.63, 3.8) is 0 Å². The van der Waals surface area contributed by atoms with Crippen molar-refractivity contribution >= 4 is 11.6 Å². The van der Waals surface area contributed by atoms with Gasteiger partial charge in [0, 0.05) is 5.88 Å². The summed E-state index contributed by atoms with van der Waals surface area (Å²) < 4.78 is 12.5. The summed E-state index contributed by atoms with van der Waals surface area (Å²) in [5, 5.41) is 8.72. The van der Waals surface area contributed by atoms with Crippen LogP contribution in [-0.2, 0) is 5.88 Å². The van der Waals surface area contributed by atoms with Crippen LogP contribution in [0.15, 0.2) is 18.2 Å². The summed E-state index contributed by atoms with van der Waals surface area (Å²) in [6, 6.07) is 4.07. The molecule has 0 aliphatic heterocycles. The van der Waals surface area contributed by atoms with E-state index in [0.717, 1.165) is 0 Å². The summed E-state index contributed by atoms with van der Waals surface area (Å²) in [5.41, 5.74) is 0.664. The Hall–Kier alpha value is -0.760. The molecule has 0 atom stereocenters. The molecule has 1 nitrogen and oxygen atoms in total. The Balaban J connectivity index is 3.04. The van der Waals surface area contributed by atoms with Gasteiger partial charge in [-0.1, -0.05) is 6.07 Å². The molecule has 54 valence electrons. The Labute approximate surface area is 63.1 Å². The van der Waals surface area contributed by atoms with E-state index in [4.69, 9.17) is 16.7 Å². The number of rotatable bonds is 1. The molecule has 0 aromatic heterocycles. The number of hydrogen-bond acceptors (Lipinski definition) is 1. The first-order valence-corrected chi connectivity index (χ1v) is 3.31. The molecular formula is C7H6ClFO. The lowest BCUT2D eigenvalue weighted by molar-refractivity contribution is 0.432. The Morgan fingerprint density at radius 1 is 1.50 bits per heavy atom. The maximum absolute atomic E-state index is 12.5. The molecule has 1 rings (SSSR count). The summed E-state index contributed by atoms with van der Waals surface area (Å²) in [4.78, 5) is 0. The summed E-state index contributed by atoms with van der Waals surface area (Å²) in [6.45, 7) is 0. The molecule has 0 spiro atoms. The van der Waals surface area contributed by atoms with Gasteiger partial charge < -0.3 is 5.11 Å². The van der Waals surface area contributed by atoms with E-state index >= 15 is 0 Å². The molecule has 1 N–H and O–H groups in total. The quantitative estimate of drug-likeness (QED) is 0.625. The maximum atomic E-state index is 12.5. The van der Waals surface area contributed by atoms with Crippen LogP contribution < -0.4 is 0 Å². The van der Waals surface area contributed by atoms with E-state index in [1.54, 1.807) is 6.07 Å². The van der Waals surface area contributed by atoms with Crippen molar-refractivity contribution in [2.45, 2.75) is 5.88 Å². The van der Waals surface area contributed by atoms with Gasteiger partial charge in [0.2, 0.25) is 0 Å². The van der Waals surface area contributed by atoms with Crippen molar-refractivity contribution in [1.29, 1.82) is 0 Å². The first kappa shape index (κ1) is 7.35. The number of phenols is 1. The monoisotopic (exact) mass is 160 g/mol. The lowest BCUT2D eigenvalue weighted by atomic mass is 10.2. The highest BCUT2D eigenvalue weighted by atomic mass is 35.5. The SMILES string of the molecule is Oc1ccc(CCl)cc1F. The second-order valence-electron chi connectivity index (χ2n) is 1.92. The number of aromatic hydroxyl groups is 1. The minimum absolute atomic E-state index is 0.261. The standard InChI is InChI=1S/C7H6ClFO/c8-4-5-1-2-7(10)6(9)3-5/h1-3,10H,4H2. The van der Waals surface area contributed by atoms with E-state index in [9.17, 15) is 4.39 Å². The molecule has 10 heavy (non-hydrogen) atoms.